The van der Waals surface area contributed by atoms with E-state index in [2.05, 4.69) is 5.32 Å². The Morgan fingerprint density at radius 1 is 0.658 bits per heavy atom. The highest BCUT2D eigenvalue weighted by molar-refractivity contribution is 5.95. The molecule has 4 atom stereocenters. The van der Waals surface area contributed by atoms with Gasteiger partial charge in [0, 0.05) is 37.9 Å². The highest BCUT2D eigenvalue weighted by atomic mass is 16.2. The van der Waals surface area contributed by atoms with E-state index in [9.17, 15) is 19.2 Å². The molecular weight excluding hydrogens is 478 g/mol. The van der Waals surface area contributed by atoms with Crippen LogP contribution in [0.2, 0.25) is 0 Å². The normalized spacial score (nSPS) is 27.1. The molecule has 1 N–H and O–H groups in total. The zero-order valence-electron chi connectivity index (χ0n) is 21.9. The van der Waals surface area contributed by atoms with Gasteiger partial charge in [0.1, 0.15) is 17.9 Å². The molecular formula is C31H37N3O4. The van der Waals surface area contributed by atoms with Crippen molar-refractivity contribution in [3.05, 3.63) is 71.8 Å². The van der Waals surface area contributed by atoms with Gasteiger partial charge in [-0.2, -0.15) is 0 Å². The number of piperidine rings is 1. The van der Waals surface area contributed by atoms with Crippen LogP contribution in [0, 0.1) is 5.92 Å². The molecule has 0 bridgehead atoms. The molecule has 3 heterocycles. The van der Waals surface area contributed by atoms with Crippen molar-refractivity contribution in [3.63, 3.8) is 0 Å². The Balaban J connectivity index is 1.48. The fourth-order valence-corrected chi connectivity index (χ4v) is 6.33. The number of carbonyl (C=O) groups is 4. The third-order valence-electron chi connectivity index (χ3n) is 8.20. The molecule has 7 heteroatoms. The summed E-state index contributed by atoms with van der Waals surface area (Å²) in [6.45, 7) is 1.03. The van der Waals surface area contributed by atoms with Crippen molar-refractivity contribution < 1.29 is 19.2 Å². The van der Waals surface area contributed by atoms with Crippen LogP contribution in [0.5, 0.6) is 0 Å². The maximum absolute atomic E-state index is 13.9. The summed E-state index contributed by atoms with van der Waals surface area (Å²) in [5, 5.41) is 3.14. The number of carbonyl (C=O) groups excluding carboxylic acids is 4. The van der Waals surface area contributed by atoms with Crippen LogP contribution in [0.1, 0.15) is 56.1 Å². The van der Waals surface area contributed by atoms with Crippen LogP contribution >= 0.6 is 0 Å². The van der Waals surface area contributed by atoms with Crippen molar-refractivity contribution in [1.29, 1.82) is 0 Å². The molecule has 0 aliphatic carbocycles. The average molecular weight is 516 g/mol. The molecule has 0 saturated carbocycles. The minimum atomic E-state index is -0.567. The maximum atomic E-state index is 13.9. The molecule has 5 rings (SSSR count). The molecule has 3 amide bonds. The van der Waals surface area contributed by atoms with Crippen LogP contribution in [-0.4, -0.2) is 64.5 Å². The van der Waals surface area contributed by atoms with E-state index in [1.807, 2.05) is 60.7 Å². The number of hydrogen-bond acceptors (Lipinski definition) is 4. The molecule has 0 radical (unpaired) electrons. The van der Waals surface area contributed by atoms with Crippen LogP contribution in [-0.2, 0) is 32.0 Å². The van der Waals surface area contributed by atoms with Gasteiger partial charge in [0.05, 0.1) is 0 Å². The van der Waals surface area contributed by atoms with Crippen molar-refractivity contribution in [2.24, 2.45) is 5.92 Å². The lowest BCUT2D eigenvalue weighted by Crippen LogP contribution is -2.58. The summed E-state index contributed by atoms with van der Waals surface area (Å²) in [6, 6.07) is 18.0. The molecule has 38 heavy (non-hydrogen) atoms. The zero-order chi connectivity index (χ0) is 26.5. The molecule has 2 aromatic rings. The zero-order valence-corrected chi connectivity index (χ0v) is 21.9. The molecule has 3 aliphatic rings. The molecule has 200 valence electrons. The monoisotopic (exact) mass is 515 g/mol. The van der Waals surface area contributed by atoms with Crippen LogP contribution in [0.25, 0.3) is 0 Å². The van der Waals surface area contributed by atoms with Gasteiger partial charge in [0.2, 0.25) is 17.7 Å². The molecule has 0 aromatic heterocycles. The van der Waals surface area contributed by atoms with E-state index in [0.717, 1.165) is 30.4 Å². The lowest BCUT2D eigenvalue weighted by Gasteiger charge is -2.38. The van der Waals surface area contributed by atoms with Gasteiger partial charge >= 0.3 is 0 Å². The van der Waals surface area contributed by atoms with Gasteiger partial charge in [-0.25, -0.2) is 0 Å². The minimum absolute atomic E-state index is 0.0395. The largest absolute Gasteiger partial charge is 0.351 e. The molecule has 4 unspecified atom stereocenters. The third kappa shape index (κ3) is 5.98. The van der Waals surface area contributed by atoms with Crippen LogP contribution < -0.4 is 5.32 Å². The summed E-state index contributed by atoms with van der Waals surface area (Å²) < 4.78 is 0. The van der Waals surface area contributed by atoms with Gasteiger partial charge in [-0.15, -0.1) is 0 Å². The molecule has 3 aliphatic heterocycles. The second-order valence-electron chi connectivity index (χ2n) is 11.0. The highest BCUT2D eigenvalue weighted by Gasteiger charge is 2.43. The van der Waals surface area contributed by atoms with E-state index in [1.54, 1.807) is 9.80 Å². The summed E-state index contributed by atoms with van der Waals surface area (Å²) in [5.41, 5.74) is 2.03. The Hall–Kier alpha value is -3.48. The van der Waals surface area contributed by atoms with E-state index in [-0.39, 0.29) is 36.3 Å². The maximum Gasteiger partial charge on any atom is 0.246 e. The van der Waals surface area contributed by atoms with Crippen LogP contribution in [0.3, 0.4) is 0 Å². The Morgan fingerprint density at radius 3 is 1.97 bits per heavy atom. The van der Waals surface area contributed by atoms with Crippen LogP contribution in [0.4, 0.5) is 0 Å². The molecule has 0 spiro atoms. The predicted molar refractivity (Wildman–Crippen MR) is 144 cm³/mol. The summed E-state index contributed by atoms with van der Waals surface area (Å²) in [4.78, 5) is 58.2. The van der Waals surface area contributed by atoms with Gasteiger partial charge in [-0.05, 0) is 56.1 Å². The number of hydrogen-bond donors (Lipinski definition) is 1. The Morgan fingerprint density at radius 2 is 1.26 bits per heavy atom. The minimum Gasteiger partial charge on any atom is -0.351 e. The van der Waals surface area contributed by atoms with E-state index in [0.29, 0.717) is 38.8 Å². The van der Waals surface area contributed by atoms with Crippen molar-refractivity contribution >= 4 is 23.5 Å². The first-order valence-corrected chi connectivity index (χ1v) is 14.0. The quantitative estimate of drug-likeness (QED) is 0.677. The average Bonchev–Trinajstić information content (AvgIpc) is 3.42. The molecule has 3 saturated heterocycles. The van der Waals surface area contributed by atoms with Crippen molar-refractivity contribution in [2.75, 3.05) is 13.1 Å². The molecule has 3 fully saturated rings. The number of nitrogens with one attached hydrogen (secondary N) is 1. The second-order valence-corrected chi connectivity index (χ2v) is 11.0. The van der Waals surface area contributed by atoms with E-state index in [1.165, 1.54) is 0 Å². The first-order chi connectivity index (χ1) is 18.5. The van der Waals surface area contributed by atoms with Crippen molar-refractivity contribution in [3.8, 4) is 0 Å². The van der Waals surface area contributed by atoms with E-state index < -0.39 is 24.0 Å². The predicted octanol–water partition coefficient (Wildman–Crippen LogP) is 3.31. The summed E-state index contributed by atoms with van der Waals surface area (Å²) in [5.74, 6) is -1.02. The molecule has 2 aromatic carbocycles. The SMILES string of the molecule is O=C1CC(Cc2ccccc2)NC(=O)C2CCCCN2C(=O)C2CCCN2C(=O)C(Cc2ccccc2)C1. The smallest absolute Gasteiger partial charge is 0.246 e. The molecule has 7 nitrogen and oxygen atoms in total. The topological polar surface area (TPSA) is 86.8 Å². The van der Waals surface area contributed by atoms with Gasteiger partial charge in [-0.3, -0.25) is 19.2 Å². The number of ketones is 1. The number of amides is 3. The fraction of sp³-hybridized carbons (Fsp3) is 0.484. The third-order valence-corrected chi connectivity index (χ3v) is 8.20. The van der Waals surface area contributed by atoms with E-state index >= 15 is 0 Å². The van der Waals surface area contributed by atoms with Crippen LogP contribution in [0.15, 0.2) is 60.7 Å². The van der Waals surface area contributed by atoms with Gasteiger partial charge < -0.3 is 15.1 Å². The lowest BCUT2D eigenvalue weighted by atomic mass is 9.90. The fourth-order valence-electron chi connectivity index (χ4n) is 6.33. The summed E-state index contributed by atoms with van der Waals surface area (Å²) >= 11 is 0. The highest BCUT2D eigenvalue weighted by Crippen LogP contribution is 2.28. The number of rotatable bonds is 4. The summed E-state index contributed by atoms with van der Waals surface area (Å²) in [6.07, 6.45) is 4.88. The standard InChI is InChI=1S/C31H37N3O4/c35-26-20-24(18-22-10-3-1-4-11-22)30(37)34-17-9-15-28(34)31(38)33-16-8-7-14-27(33)29(36)32-25(21-26)19-23-12-5-2-6-13-23/h1-6,10-13,24-25,27-28H,7-9,14-21H2,(H,32,36). The first kappa shape index (κ1) is 26.1. The first-order valence-electron chi connectivity index (χ1n) is 14.0. The van der Waals surface area contributed by atoms with Gasteiger partial charge in [0.15, 0.2) is 0 Å². The lowest BCUT2D eigenvalue weighted by molar-refractivity contribution is -0.151. The number of benzene rings is 2. The number of fused-ring (bicyclic) bond motifs is 2. The summed E-state index contributed by atoms with van der Waals surface area (Å²) in [7, 11) is 0. The van der Waals surface area contributed by atoms with Crippen molar-refractivity contribution in [1.82, 2.24) is 15.1 Å². The number of nitrogens with zero attached hydrogens (tertiary/aromatic N) is 2. The second kappa shape index (κ2) is 11.9. The van der Waals surface area contributed by atoms with E-state index in [4.69, 9.17) is 0 Å². The number of Topliss-reactive ketones (excluding diaryl/α,β-unsaturated/α-hetero) is 1. The Kier molecular flexibility index (Phi) is 8.20. The Bertz CT molecular complexity index is 1150. The van der Waals surface area contributed by atoms with Crippen molar-refractivity contribution in [2.45, 2.75) is 75.9 Å². The van der Waals surface area contributed by atoms with Gasteiger partial charge in [0.25, 0.3) is 0 Å². The Labute approximate surface area is 224 Å². The van der Waals surface area contributed by atoms with Gasteiger partial charge in [-0.1, -0.05) is 60.7 Å².